The van der Waals surface area contributed by atoms with Crippen LogP contribution in [0.3, 0.4) is 0 Å². The lowest BCUT2D eigenvalue weighted by atomic mass is 10.2. The number of benzene rings is 2. The van der Waals surface area contributed by atoms with Crippen LogP contribution in [0.4, 0.5) is 5.69 Å². The predicted octanol–water partition coefficient (Wildman–Crippen LogP) is 2.36. The van der Waals surface area contributed by atoms with Gasteiger partial charge in [-0.2, -0.15) is 4.31 Å². The molecule has 6 nitrogen and oxygen atoms in total. The number of hydrogen-bond acceptors (Lipinski definition) is 4. The zero-order valence-electron chi connectivity index (χ0n) is 14.2. The monoisotopic (exact) mass is 372 g/mol. The van der Waals surface area contributed by atoms with E-state index in [1.54, 1.807) is 18.2 Å². The summed E-state index contributed by atoms with van der Waals surface area (Å²) in [5.41, 5.74) is 1.46. The highest BCUT2D eigenvalue weighted by atomic mass is 32.2. The van der Waals surface area contributed by atoms with Crippen molar-refractivity contribution in [3.63, 3.8) is 0 Å². The number of rotatable bonds is 5. The van der Waals surface area contributed by atoms with Crippen LogP contribution in [0, 0.1) is 0 Å². The SMILES string of the molecule is O=C(C=Cc1ccccc1)Nc1ccc(S(=O)(=O)N2CCOCC2)cc1. The highest BCUT2D eigenvalue weighted by Crippen LogP contribution is 2.19. The molecule has 2 aromatic rings. The third kappa shape index (κ3) is 4.57. The highest BCUT2D eigenvalue weighted by Gasteiger charge is 2.26. The van der Waals surface area contributed by atoms with Crippen molar-refractivity contribution in [1.29, 1.82) is 0 Å². The van der Waals surface area contributed by atoms with Crippen molar-refractivity contribution in [1.82, 2.24) is 4.31 Å². The van der Waals surface area contributed by atoms with Gasteiger partial charge in [-0.1, -0.05) is 30.3 Å². The Labute approximate surface area is 153 Å². The summed E-state index contributed by atoms with van der Waals surface area (Å²) in [5, 5.41) is 2.72. The number of nitrogens with one attached hydrogen (secondary N) is 1. The van der Waals surface area contributed by atoms with Crippen molar-refractivity contribution in [2.24, 2.45) is 0 Å². The molecular formula is C19H20N2O4S. The molecule has 1 N–H and O–H groups in total. The van der Waals surface area contributed by atoms with Gasteiger partial charge in [0.25, 0.3) is 0 Å². The van der Waals surface area contributed by atoms with Gasteiger partial charge in [0.2, 0.25) is 15.9 Å². The summed E-state index contributed by atoms with van der Waals surface area (Å²) in [7, 11) is -3.53. The third-order valence-electron chi connectivity index (χ3n) is 3.96. The first-order chi connectivity index (χ1) is 12.6. The topological polar surface area (TPSA) is 75.7 Å². The Morgan fingerprint density at radius 3 is 2.31 bits per heavy atom. The molecule has 2 aromatic carbocycles. The first kappa shape index (κ1) is 18.3. The number of anilines is 1. The molecular weight excluding hydrogens is 352 g/mol. The molecule has 136 valence electrons. The standard InChI is InChI=1S/C19H20N2O4S/c22-19(11-6-16-4-2-1-3-5-16)20-17-7-9-18(10-8-17)26(23,24)21-12-14-25-15-13-21/h1-11H,12-15H2,(H,20,22). The fourth-order valence-corrected chi connectivity index (χ4v) is 3.97. The van der Waals surface area contributed by atoms with Gasteiger partial charge in [0.1, 0.15) is 0 Å². The summed E-state index contributed by atoms with van der Waals surface area (Å²) in [6.45, 7) is 1.51. The average molecular weight is 372 g/mol. The van der Waals surface area contributed by atoms with E-state index in [2.05, 4.69) is 5.32 Å². The summed E-state index contributed by atoms with van der Waals surface area (Å²) < 4.78 is 31.7. The molecule has 0 aliphatic carbocycles. The van der Waals surface area contributed by atoms with Crippen molar-refractivity contribution < 1.29 is 17.9 Å². The molecule has 7 heteroatoms. The van der Waals surface area contributed by atoms with E-state index in [9.17, 15) is 13.2 Å². The van der Waals surface area contributed by atoms with E-state index < -0.39 is 10.0 Å². The number of carbonyl (C=O) groups is 1. The van der Waals surface area contributed by atoms with Crippen molar-refractivity contribution in [3.05, 3.63) is 66.2 Å². The van der Waals surface area contributed by atoms with Gasteiger partial charge in [-0.25, -0.2) is 8.42 Å². The number of hydrogen-bond donors (Lipinski definition) is 1. The molecule has 0 bridgehead atoms. The molecule has 0 spiro atoms. The van der Waals surface area contributed by atoms with Crippen LogP contribution in [0.25, 0.3) is 6.08 Å². The van der Waals surface area contributed by atoms with Gasteiger partial charge in [-0.3, -0.25) is 4.79 Å². The second-order valence-electron chi connectivity index (χ2n) is 5.77. The molecule has 0 unspecified atom stereocenters. The second kappa shape index (κ2) is 8.27. The minimum atomic E-state index is -3.53. The minimum absolute atomic E-state index is 0.206. The molecule has 0 aromatic heterocycles. The summed E-state index contributed by atoms with van der Waals surface area (Å²) >= 11 is 0. The molecule has 1 saturated heterocycles. The lowest BCUT2D eigenvalue weighted by Crippen LogP contribution is -2.40. The van der Waals surface area contributed by atoms with Crippen molar-refractivity contribution in [2.75, 3.05) is 31.6 Å². The van der Waals surface area contributed by atoms with Crippen molar-refractivity contribution in [3.8, 4) is 0 Å². The Kier molecular flexibility index (Phi) is 5.82. The van der Waals surface area contributed by atoms with Crippen LogP contribution in [0.2, 0.25) is 0 Å². The number of nitrogens with zero attached hydrogens (tertiary/aromatic N) is 1. The lowest BCUT2D eigenvalue weighted by Gasteiger charge is -2.26. The highest BCUT2D eigenvalue weighted by molar-refractivity contribution is 7.89. The zero-order valence-corrected chi connectivity index (χ0v) is 15.0. The van der Waals surface area contributed by atoms with Crippen LogP contribution in [-0.4, -0.2) is 44.9 Å². The van der Waals surface area contributed by atoms with Gasteiger partial charge in [0.15, 0.2) is 0 Å². The largest absolute Gasteiger partial charge is 0.379 e. The molecule has 1 amide bonds. The van der Waals surface area contributed by atoms with E-state index in [0.717, 1.165) is 5.56 Å². The van der Waals surface area contributed by atoms with Crippen LogP contribution < -0.4 is 5.32 Å². The van der Waals surface area contributed by atoms with Crippen LogP contribution in [0.15, 0.2) is 65.6 Å². The third-order valence-corrected chi connectivity index (χ3v) is 5.87. The van der Waals surface area contributed by atoms with E-state index in [0.29, 0.717) is 32.0 Å². The smallest absolute Gasteiger partial charge is 0.248 e. The van der Waals surface area contributed by atoms with Gasteiger partial charge in [0.05, 0.1) is 18.1 Å². The molecule has 26 heavy (non-hydrogen) atoms. The average Bonchev–Trinajstić information content (AvgIpc) is 2.68. The van der Waals surface area contributed by atoms with E-state index in [1.165, 1.54) is 22.5 Å². The number of morpholine rings is 1. The maximum atomic E-state index is 12.6. The Balaban J connectivity index is 1.64. The van der Waals surface area contributed by atoms with Crippen LogP contribution >= 0.6 is 0 Å². The molecule has 1 heterocycles. The Hall–Kier alpha value is -2.48. The van der Waals surface area contributed by atoms with E-state index in [-0.39, 0.29) is 10.8 Å². The molecule has 0 atom stereocenters. The molecule has 1 aliphatic heterocycles. The van der Waals surface area contributed by atoms with Gasteiger partial charge >= 0.3 is 0 Å². The van der Waals surface area contributed by atoms with Crippen molar-refractivity contribution >= 4 is 27.7 Å². The predicted molar refractivity (Wildman–Crippen MR) is 100 cm³/mol. The molecule has 0 saturated carbocycles. The van der Waals surface area contributed by atoms with E-state index in [1.807, 2.05) is 30.3 Å². The van der Waals surface area contributed by atoms with Gasteiger partial charge < -0.3 is 10.1 Å². The number of ether oxygens (including phenoxy) is 1. The summed E-state index contributed by atoms with van der Waals surface area (Å²) in [6.07, 6.45) is 3.15. The van der Waals surface area contributed by atoms with Crippen molar-refractivity contribution in [2.45, 2.75) is 4.90 Å². The normalized spacial score (nSPS) is 15.8. The Morgan fingerprint density at radius 1 is 1.00 bits per heavy atom. The molecule has 1 aliphatic rings. The fourth-order valence-electron chi connectivity index (χ4n) is 2.57. The van der Waals surface area contributed by atoms with Crippen LogP contribution in [-0.2, 0) is 19.6 Å². The van der Waals surface area contributed by atoms with Gasteiger partial charge in [0, 0.05) is 24.9 Å². The number of sulfonamides is 1. The second-order valence-corrected chi connectivity index (χ2v) is 7.71. The summed E-state index contributed by atoms with van der Waals surface area (Å²) in [6, 6.07) is 15.7. The Bertz CT molecular complexity index is 872. The quantitative estimate of drug-likeness (QED) is 0.818. The fraction of sp³-hybridized carbons (Fsp3) is 0.211. The van der Waals surface area contributed by atoms with Gasteiger partial charge in [-0.05, 0) is 35.9 Å². The zero-order chi connectivity index (χ0) is 18.4. The minimum Gasteiger partial charge on any atom is -0.379 e. The Morgan fingerprint density at radius 2 is 1.65 bits per heavy atom. The molecule has 0 radical (unpaired) electrons. The summed E-state index contributed by atoms with van der Waals surface area (Å²) in [5.74, 6) is -0.280. The number of amides is 1. The van der Waals surface area contributed by atoms with E-state index in [4.69, 9.17) is 4.74 Å². The molecule has 3 rings (SSSR count). The first-order valence-electron chi connectivity index (χ1n) is 8.28. The van der Waals surface area contributed by atoms with Gasteiger partial charge in [-0.15, -0.1) is 0 Å². The van der Waals surface area contributed by atoms with Crippen LogP contribution in [0.1, 0.15) is 5.56 Å². The molecule has 1 fully saturated rings. The van der Waals surface area contributed by atoms with Crippen LogP contribution in [0.5, 0.6) is 0 Å². The van der Waals surface area contributed by atoms with E-state index >= 15 is 0 Å². The number of carbonyl (C=O) groups excluding carboxylic acids is 1. The first-order valence-corrected chi connectivity index (χ1v) is 9.72. The summed E-state index contributed by atoms with van der Waals surface area (Å²) in [4.78, 5) is 12.2. The maximum Gasteiger partial charge on any atom is 0.248 e. The lowest BCUT2D eigenvalue weighted by molar-refractivity contribution is -0.111. The maximum absolute atomic E-state index is 12.6.